The van der Waals surface area contributed by atoms with E-state index in [1.54, 1.807) is 0 Å². The Morgan fingerprint density at radius 2 is 1.61 bits per heavy atom. The number of benzene rings is 2. The second-order valence-corrected chi connectivity index (χ2v) is 8.17. The average molecular weight is 414 g/mol. The van der Waals surface area contributed by atoms with Crippen molar-refractivity contribution in [2.45, 2.75) is 31.9 Å². The van der Waals surface area contributed by atoms with Gasteiger partial charge in [0.1, 0.15) is 0 Å². The first-order valence-electron chi connectivity index (χ1n) is 9.40. The quantitative estimate of drug-likeness (QED) is 0.439. The van der Waals surface area contributed by atoms with Crippen molar-refractivity contribution in [3.8, 4) is 0 Å². The van der Waals surface area contributed by atoms with Crippen molar-refractivity contribution < 1.29 is 9.53 Å². The van der Waals surface area contributed by atoms with Gasteiger partial charge in [0.2, 0.25) is 0 Å². The Bertz CT molecular complexity index is 943. The number of ether oxygens (including phenoxy) is 1. The fourth-order valence-electron chi connectivity index (χ4n) is 3.44. The van der Waals surface area contributed by atoms with Crippen LogP contribution in [0.2, 0.25) is 10.0 Å². The van der Waals surface area contributed by atoms with Gasteiger partial charge in [-0.15, -0.1) is 0 Å². The van der Waals surface area contributed by atoms with Crippen molar-refractivity contribution in [3.05, 3.63) is 93.7 Å². The summed E-state index contributed by atoms with van der Waals surface area (Å²) in [5.41, 5.74) is 3.33. The van der Waals surface area contributed by atoms with Crippen LogP contribution in [0.5, 0.6) is 0 Å². The van der Waals surface area contributed by atoms with Crippen LogP contribution in [0.15, 0.2) is 67.0 Å². The van der Waals surface area contributed by atoms with Crippen molar-refractivity contribution in [1.29, 1.82) is 0 Å². The lowest BCUT2D eigenvalue weighted by molar-refractivity contribution is -0.150. The summed E-state index contributed by atoms with van der Waals surface area (Å²) in [6.45, 7) is 0.219. The molecule has 1 aliphatic rings. The zero-order valence-electron chi connectivity index (χ0n) is 15.4. The van der Waals surface area contributed by atoms with Crippen molar-refractivity contribution in [3.63, 3.8) is 0 Å². The van der Waals surface area contributed by atoms with Crippen LogP contribution in [0.4, 0.5) is 0 Å². The van der Waals surface area contributed by atoms with Gasteiger partial charge in [-0.25, -0.2) is 0 Å². The largest absolute Gasteiger partial charge is 0.443 e. The fourth-order valence-corrected chi connectivity index (χ4v) is 3.69. The summed E-state index contributed by atoms with van der Waals surface area (Å²) in [6.07, 6.45) is 6.89. The van der Waals surface area contributed by atoms with E-state index >= 15 is 0 Å². The molecule has 1 aromatic heterocycles. The maximum Gasteiger partial charge on any atom is 0.315 e. The van der Waals surface area contributed by atoms with Crippen molar-refractivity contribution >= 4 is 29.2 Å². The number of hydrogen-bond donors (Lipinski definition) is 0. The third kappa shape index (κ3) is 4.78. The number of carbonyl (C=O) groups is 1. The summed E-state index contributed by atoms with van der Waals surface area (Å²) in [4.78, 5) is 12.7. The minimum Gasteiger partial charge on any atom is -0.443 e. The normalized spacial score (nSPS) is 14.6. The molecule has 28 heavy (non-hydrogen) atoms. The Morgan fingerprint density at radius 3 is 2.25 bits per heavy atom. The lowest BCUT2D eigenvalue weighted by atomic mass is 9.94. The summed E-state index contributed by atoms with van der Waals surface area (Å²) in [5, 5.41) is 1.41. The first-order chi connectivity index (χ1) is 13.6. The number of carbonyl (C=O) groups excluding carboxylic acids is 1. The Morgan fingerprint density at radius 1 is 0.964 bits per heavy atom. The summed E-state index contributed by atoms with van der Waals surface area (Å²) in [7, 11) is 0. The average Bonchev–Trinajstić information content (AvgIpc) is 3.42. The molecular weight excluding hydrogens is 393 g/mol. The molecule has 3 nitrogen and oxygen atoms in total. The molecule has 1 unspecified atom stereocenters. The number of esters is 1. The summed E-state index contributed by atoms with van der Waals surface area (Å²) in [5.74, 6) is -0.00190. The van der Waals surface area contributed by atoms with Gasteiger partial charge in [-0.2, -0.15) is 0 Å². The van der Waals surface area contributed by atoms with Gasteiger partial charge in [0.05, 0.1) is 5.92 Å². The Balaban J connectivity index is 1.37. The predicted molar refractivity (Wildman–Crippen MR) is 112 cm³/mol. The molecule has 0 aliphatic heterocycles. The van der Waals surface area contributed by atoms with Gasteiger partial charge in [-0.1, -0.05) is 47.5 Å². The van der Waals surface area contributed by atoms with E-state index in [4.69, 9.17) is 27.9 Å². The Labute approximate surface area is 174 Å². The van der Waals surface area contributed by atoms with Crippen molar-refractivity contribution in [2.24, 2.45) is 5.92 Å². The van der Waals surface area contributed by atoms with Crippen LogP contribution in [0.1, 0.15) is 35.4 Å². The molecule has 144 valence electrons. The number of nitrogens with zero attached hydrogens (tertiary/aromatic N) is 1. The van der Waals surface area contributed by atoms with E-state index in [-0.39, 0.29) is 18.6 Å². The third-order valence-electron chi connectivity index (χ3n) is 5.07. The number of hydrogen-bond acceptors (Lipinski definition) is 2. The molecule has 5 heteroatoms. The highest BCUT2D eigenvalue weighted by atomic mass is 35.5. The molecule has 1 fully saturated rings. The van der Waals surface area contributed by atoms with Gasteiger partial charge in [0, 0.05) is 22.4 Å². The van der Waals surface area contributed by atoms with E-state index in [1.807, 2.05) is 71.6 Å². The monoisotopic (exact) mass is 413 g/mol. The highest BCUT2D eigenvalue weighted by Crippen LogP contribution is 2.43. The van der Waals surface area contributed by atoms with Crippen LogP contribution < -0.4 is 0 Å². The summed E-state index contributed by atoms with van der Waals surface area (Å²) < 4.78 is 7.53. The maximum atomic E-state index is 12.7. The Hall–Kier alpha value is -2.23. The van der Waals surface area contributed by atoms with Crippen LogP contribution in [0.3, 0.4) is 0 Å². The predicted octanol–water partition coefficient (Wildman–Crippen LogP) is 6.08. The maximum absolute atomic E-state index is 12.7. The van der Waals surface area contributed by atoms with Gasteiger partial charge >= 0.3 is 5.97 Å². The zero-order chi connectivity index (χ0) is 19.5. The van der Waals surface area contributed by atoms with Crippen molar-refractivity contribution in [1.82, 2.24) is 4.57 Å². The second-order valence-electron chi connectivity index (χ2n) is 7.30. The van der Waals surface area contributed by atoms with Gasteiger partial charge < -0.3 is 9.30 Å². The molecule has 0 bridgehead atoms. The van der Waals surface area contributed by atoms with E-state index in [0.717, 1.165) is 35.4 Å². The molecule has 1 saturated carbocycles. The van der Waals surface area contributed by atoms with E-state index in [0.29, 0.717) is 10.9 Å². The first-order valence-corrected chi connectivity index (χ1v) is 10.2. The van der Waals surface area contributed by atoms with Crippen LogP contribution in [0, 0.1) is 5.92 Å². The molecule has 1 aliphatic carbocycles. The molecular formula is C23H21Cl2NO2. The first kappa shape index (κ1) is 19.1. The number of halogens is 2. The van der Waals surface area contributed by atoms with E-state index in [9.17, 15) is 4.79 Å². The van der Waals surface area contributed by atoms with E-state index in [1.165, 1.54) is 5.56 Å². The topological polar surface area (TPSA) is 31.2 Å². The molecule has 3 aromatic rings. The molecule has 1 atom stereocenters. The van der Waals surface area contributed by atoms with Crippen LogP contribution in [0.25, 0.3) is 0 Å². The van der Waals surface area contributed by atoms with Gasteiger partial charge in [-0.05, 0) is 72.2 Å². The Kier molecular flexibility index (Phi) is 5.74. The molecule has 1 heterocycles. The third-order valence-corrected chi connectivity index (χ3v) is 5.57. The summed E-state index contributed by atoms with van der Waals surface area (Å²) in [6, 6.07) is 17.4. The van der Waals surface area contributed by atoms with E-state index in [2.05, 4.69) is 0 Å². The molecule has 0 saturated heterocycles. The smallest absolute Gasteiger partial charge is 0.315 e. The zero-order valence-corrected chi connectivity index (χ0v) is 16.9. The van der Waals surface area contributed by atoms with E-state index < -0.39 is 0 Å². The molecule has 0 spiro atoms. The van der Waals surface area contributed by atoms with Gasteiger partial charge in [-0.3, -0.25) is 4.79 Å². The highest BCUT2D eigenvalue weighted by Gasteiger charge is 2.38. The highest BCUT2D eigenvalue weighted by molar-refractivity contribution is 6.30. The lowest BCUT2D eigenvalue weighted by Crippen LogP contribution is -2.19. The van der Waals surface area contributed by atoms with Crippen molar-refractivity contribution in [2.75, 3.05) is 0 Å². The number of aromatic nitrogens is 1. The second kappa shape index (κ2) is 8.42. The fraction of sp³-hybridized carbons (Fsp3) is 0.261. The van der Waals surface area contributed by atoms with Gasteiger partial charge in [0.25, 0.3) is 0 Å². The molecule has 0 N–H and O–H groups in total. The van der Waals surface area contributed by atoms with Crippen LogP contribution in [-0.4, -0.2) is 10.5 Å². The molecule has 2 aromatic carbocycles. The van der Waals surface area contributed by atoms with Crippen LogP contribution >= 0.6 is 23.2 Å². The molecule has 4 rings (SSSR count). The molecule has 0 amide bonds. The standard InChI is InChI=1S/C23H21Cl2NO2/c24-20-7-1-16(2-8-20)13-17-11-12-26(14-17)15-28-23(27)22(18-3-4-18)19-5-9-21(25)10-6-19/h1-2,5-12,14,18,22H,3-4,13,15H2. The lowest BCUT2D eigenvalue weighted by Gasteiger charge is -2.16. The number of rotatable bonds is 7. The SMILES string of the molecule is O=C(OCn1ccc(Cc2ccc(Cl)cc2)c1)C(c1ccc(Cl)cc1)C1CC1. The summed E-state index contributed by atoms with van der Waals surface area (Å²) >= 11 is 11.9. The van der Waals surface area contributed by atoms with Gasteiger partial charge in [0.15, 0.2) is 6.73 Å². The minimum atomic E-state index is -0.207. The van der Waals surface area contributed by atoms with Crippen LogP contribution in [-0.2, 0) is 22.7 Å². The molecule has 0 radical (unpaired) electrons. The minimum absolute atomic E-state index is 0.169.